The Morgan fingerprint density at radius 2 is 2.00 bits per heavy atom. The lowest BCUT2D eigenvalue weighted by Crippen LogP contribution is -2.59. The molecule has 0 aromatic carbocycles. The monoisotopic (exact) mass is 284 g/mol. The van der Waals surface area contributed by atoms with Crippen molar-refractivity contribution >= 4 is 11.8 Å². The number of carbonyl (C=O) groups is 2. The minimum absolute atomic E-state index is 0.0269. The molecule has 0 bridgehead atoms. The number of hydrogen-bond donors (Lipinski definition) is 2. The van der Waals surface area contributed by atoms with Gasteiger partial charge in [0, 0.05) is 39.3 Å². The SMILES string of the molecule is CC1(OCC(=O)N2CCCN(CC(N)=O)CC2)CNC1. The average Bonchev–Trinajstić information content (AvgIpc) is 2.58. The molecule has 0 radical (unpaired) electrons. The lowest BCUT2D eigenvalue weighted by atomic mass is 10.0. The highest BCUT2D eigenvalue weighted by Crippen LogP contribution is 2.15. The van der Waals surface area contributed by atoms with Crippen molar-refractivity contribution in [2.75, 3.05) is 52.4 Å². The van der Waals surface area contributed by atoms with Gasteiger partial charge >= 0.3 is 0 Å². The molecular formula is C13H24N4O3. The Morgan fingerprint density at radius 1 is 1.25 bits per heavy atom. The Morgan fingerprint density at radius 3 is 2.60 bits per heavy atom. The predicted octanol–water partition coefficient (Wildman–Crippen LogP) is -1.62. The van der Waals surface area contributed by atoms with Crippen LogP contribution in [0.1, 0.15) is 13.3 Å². The topological polar surface area (TPSA) is 87.9 Å². The van der Waals surface area contributed by atoms with Crippen molar-refractivity contribution in [2.45, 2.75) is 18.9 Å². The molecule has 20 heavy (non-hydrogen) atoms. The van der Waals surface area contributed by atoms with Crippen LogP contribution >= 0.6 is 0 Å². The summed E-state index contributed by atoms with van der Waals surface area (Å²) < 4.78 is 5.67. The number of amides is 2. The summed E-state index contributed by atoms with van der Waals surface area (Å²) in [5.41, 5.74) is 5.00. The maximum atomic E-state index is 12.1. The van der Waals surface area contributed by atoms with Gasteiger partial charge in [-0.25, -0.2) is 0 Å². The smallest absolute Gasteiger partial charge is 0.248 e. The molecule has 0 aromatic heterocycles. The molecule has 0 spiro atoms. The first-order chi connectivity index (χ1) is 9.48. The number of ether oxygens (including phenoxy) is 1. The third-order valence-corrected chi connectivity index (χ3v) is 3.86. The molecule has 0 atom stereocenters. The summed E-state index contributed by atoms with van der Waals surface area (Å²) in [6.07, 6.45) is 0.859. The molecule has 7 nitrogen and oxygen atoms in total. The van der Waals surface area contributed by atoms with Gasteiger partial charge in [-0.15, -0.1) is 0 Å². The number of nitrogens with two attached hydrogens (primary N) is 1. The molecule has 2 amide bonds. The third-order valence-electron chi connectivity index (χ3n) is 3.86. The van der Waals surface area contributed by atoms with E-state index in [1.165, 1.54) is 0 Å². The molecule has 114 valence electrons. The van der Waals surface area contributed by atoms with Crippen molar-refractivity contribution in [1.29, 1.82) is 0 Å². The number of rotatable bonds is 5. The Hall–Kier alpha value is -1.18. The minimum atomic E-state index is -0.321. The zero-order valence-corrected chi connectivity index (χ0v) is 12.1. The highest BCUT2D eigenvalue weighted by Gasteiger charge is 2.33. The maximum Gasteiger partial charge on any atom is 0.248 e. The van der Waals surface area contributed by atoms with Crippen LogP contribution in [0.4, 0.5) is 0 Å². The molecule has 2 saturated heterocycles. The summed E-state index contributed by atoms with van der Waals surface area (Å²) in [5, 5.41) is 3.14. The van der Waals surface area contributed by atoms with Gasteiger partial charge in [-0.1, -0.05) is 0 Å². The van der Waals surface area contributed by atoms with Crippen LogP contribution in [0.15, 0.2) is 0 Å². The van der Waals surface area contributed by atoms with Gasteiger partial charge in [0.15, 0.2) is 0 Å². The van der Waals surface area contributed by atoms with E-state index in [9.17, 15) is 9.59 Å². The van der Waals surface area contributed by atoms with Gasteiger partial charge in [0.2, 0.25) is 11.8 Å². The van der Waals surface area contributed by atoms with E-state index in [0.29, 0.717) is 19.6 Å². The first-order valence-corrected chi connectivity index (χ1v) is 7.12. The lowest BCUT2D eigenvalue weighted by molar-refractivity contribution is -0.145. The van der Waals surface area contributed by atoms with Crippen molar-refractivity contribution in [1.82, 2.24) is 15.1 Å². The average molecular weight is 284 g/mol. The van der Waals surface area contributed by atoms with E-state index in [4.69, 9.17) is 10.5 Å². The van der Waals surface area contributed by atoms with E-state index in [-0.39, 0.29) is 30.6 Å². The summed E-state index contributed by atoms with van der Waals surface area (Å²) in [5.74, 6) is -0.294. The fourth-order valence-electron chi connectivity index (χ4n) is 2.51. The van der Waals surface area contributed by atoms with Crippen molar-refractivity contribution in [3.8, 4) is 0 Å². The summed E-state index contributed by atoms with van der Waals surface area (Å²) in [7, 11) is 0. The molecule has 0 unspecified atom stereocenters. The fourth-order valence-corrected chi connectivity index (χ4v) is 2.51. The largest absolute Gasteiger partial charge is 0.369 e. The van der Waals surface area contributed by atoms with Crippen LogP contribution in [0.3, 0.4) is 0 Å². The second-order valence-electron chi connectivity index (χ2n) is 5.82. The van der Waals surface area contributed by atoms with Crippen LogP contribution in [-0.4, -0.2) is 79.6 Å². The first kappa shape index (κ1) is 15.2. The number of nitrogens with zero attached hydrogens (tertiary/aromatic N) is 2. The standard InChI is InChI=1S/C13H24N4O3/c1-13(9-15-10-13)20-8-12(19)17-4-2-3-16(5-6-17)7-11(14)18/h15H,2-10H2,1H3,(H2,14,18). The molecule has 0 aromatic rings. The van der Waals surface area contributed by atoms with Crippen LogP contribution in [0, 0.1) is 0 Å². The van der Waals surface area contributed by atoms with E-state index in [2.05, 4.69) is 5.32 Å². The van der Waals surface area contributed by atoms with E-state index >= 15 is 0 Å². The number of carbonyl (C=O) groups excluding carboxylic acids is 2. The van der Waals surface area contributed by atoms with Crippen molar-refractivity contribution < 1.29 is 14.3 Å². The number of nitrogens with one attached hydrogen (secondary N) is 1. The van der Waals surface area contributed by atoms with Crippen LogP contribution in [0.2, 0.25) is 0 Å². The van der Waals surface area contributed by atoms with Crippen molar-refractivity contribution in [2.24, 2.45) is 5.73 Å². The molecule has 2 fully saturated rings. The summed E-state index contributed by atoms with van der Waals surface area (Å²) >= 11 is 0. The van der Waals surface area contributed by atoms with Crippen LogP contribution in [-0.2, 0) is 14.3 Å². The normalized spacial score (nSPS) is 22.9. The quantitative estimate of drug-likeness (QED) is 0.634. The molecular weight excluding hydrogens is 260 g/mol. The van der Waals surface area contributed by atoms with Crippen LogP contribution < -0.4 is 11.1 Å². The van der Waals surface area contributed by atoms with Gasteiger partial charge in [-0.05, 0) is 13.3 Å². The van der Waals surface area contributed by atoms with Crippen molar-refractivity contribution in [3.63, 3.8) is 0 Å². The molecule has 0 aliphatic carbocycles. The first-order valence-electron chi connectivity index (χ1n) is 7.12. The van der Waals surface area contributed by atoms with Crippen LogP contribution in [0.5, 0.6) is 0 Å². The van der Waals surface area contributed by atoms with E-state index < -0.39 is 0 Å². The van der Waals surface area contributed by atoms with E-state index in [0.717, 1.165) is 26.1 Å². The molecule has 2 aliphatic heterocycles. The Balaban J connectivity index is 1.74. The minimum Gasteiger partial charge on any atom is -0.369 e. The molecule has 2 rings (SSSR count). The summed E-state index contributed by atoms with van der Waals surface area (Å²) in [4.78, 5) is 26.9. The Kier molecular flexibility index (Phi) is 4.95. The van der Waals surface area contributed by atoms with Crippen LogP contribution in [0.25, 0.3) is 0 Å². The lowest BCUT2D eigenvalue weighted by Gasteiger charge is -2.39. The zero-order valence-electron chi connectivity index (χ0n) is 12.1. The predicted molar refractivity (Wildman–Crippen MR) is 74.1 cm³/mol. The number of primary amides is 1. The van der Waals surface area contributed by atoms with Crippen molar-refractivity contribution in [3.05, 3.63) is 0 Å². The Bertz CT molecular complexity index is 371. The Labute approximate surface area is 119 Å². The molecule has 7 heteroatoms. The second-order valence-corrected chi connectivity index (χ2v) is 5.82. The van der Waals surface area contributed by atoms with E-state index in [1.54, 1.807) is 0 Å². The highest BCUT2D eigenvalue weighted by molar-refractivity contribution is 5.77. The van der Waals surface area contributed by atoms with Gasteiger partial charge in [-0.3, -0.25) is 14.5 Å². The molecule has 3 N–H and O–H groups in total. The van der Waals surface area contributed by atoms with Gasteiger partial charge < -0.3 is 20.7 Å². The summed E-state index contributed by atoms with van der Waals surface area (Å²) in [6.45, 7) is 6.84. The van der Waals surface area contributed by atoms with Gasteiger partial charge in [0.1, 0.15) is 6.61 Å². The highest BCUT2D eigenvalue weighted by atomic mass is 16.5. The summed E-state index contributed by atoms with van der Waals surface area (Å²) in [6, 6.07) is 0. The fraction of sp³-hybridized carbons (Fsp3) is 0.846. The molecule has 0 saturated carbocycles. The van der Waals surface area contributed by atoms with Gasteiger partial charge in [0.25, 0.3) is 0 Å². The number of hydrogen-bond acceptors (Lipinski definition) is 5. The molecule has 2 aliphatic rings. The third kappa shape index (κ3) is 4.16. The molecule has 2 heterocycles. The van der Waals surface area contributed by atoms with E-state index in [1.807, 2.05) is 16.7 Å². The second kappa shape index (κ2) is 6.51. The zero-order chi connectivity index (χ0) is 14.6. The van der Waals surface area contributed by atoms with Gasteiger partial charge in [-0.2, -0.15) is 0 Å². The van der Waals surface area contributed by atoms with Gasteiger partial charge in [0.05, 0.1) is 12.1 Å². The maximum absolute atomic E-state index is 12.1.